The van der Waals surface area contributed by atoms with Crippen LogP contribution in [0.25, 0.3) is 0 Å². The second kappa shape index (κ2) is 4.98. The maximum atomic E-state index is 13.2. The second-order valence-corrected chi connectivity index (χ2v) is 5.64. The van der Waals surface area contributed by atoms with E-state index in [1.807, 2.05) is 25.1 Å². The molecule has 0 amide bonds. The minimum absolute atomic E-state index is 0.00368. The number of nitrogens with one attached hydrogen (secondary N) is 1. The number of hydrogen-bond acceptors (Lipinski definition) is 1. The Bertz CT molecular complexity index is 615. The van der Waals surface area contributed by atoms with Crippen LogP contribution in [0, 0.1) is 18.6 Å². The van der Waals surface area contributed by atoms with Gasteiger partial charge in [0.05, 0.1) is 0 Å². The molecule has 20 heavy (non-hydrogen) atoms. The van der Waals surface area contributed by atoms with Gasteiger partial charge in [-0.05, 0) is 54.3 Å². The first-order chi connectivity index (χ1) is 9.59. The van der Waals surface area contributed by atoms with Gasteiger partial charge in [-0.25, -0.2) is 8.78 Å². The fourth-order valence-electron chi connectivity index (χ4n) is 2.88. The molecule has 0 atom stereocenters. The molecular formula is C17H17F2N. The Balaban J connectivity index is 1.91. The lowest BCUT2D eigenvalue weighted by molar-refractivity contribution is 0.274. The highest BCUT2D eigenvalue weighted by Crippen LogP contribution is 2.33. The van der Waals surface area contributed by atoms with Crippen molar-refractivity contribution < 1.29 is 8.78 Å². The summed E-state index contributed by atoms with van der Waals surface area (Å²) < 4.78 is 26.3. The van der Waals surface area contributed by atoms with Crippen molar-refractivity contribution in [3.63, 3.8) is 0 Å². The van der Waals surface area contributed by atoms with Gasteiger partial charge in [-0.15, -0.1) is 0 Å². The van der Waals surface area contributed by atoms with Gasteiger partial charge in [0.2, 0.25) is 0 Å². The van der Waals surface area contributed by atoms with Crippen molar-refractivity contribution in [1.29, 1.82) is 0 Å². The monoisotopic (exact) mass is 273 g/mol. The van der Waals surface area contributed by atoms with Crippen LogP contribution in [0.15, 0.2) is 42.5 Å². The molecule has 1 N–H and O–H groups in total. The van der Waals surface area contributed by atoms with Gasteiger partial charge in [0.1, 0.15) is 11.6 Å². The second-order valence-electron chi connectivity index (χ2n) is 5.64. The maximum Gasteiger partial charge on any atom is 0.123 e. The lowest BCUT2D eigenvalue weighted by atomic mass is 9.70. The molecule has 1 heterocycles. The SMILES string of the molecule is Cc1cc(F)ccc1CC1(c2ccc(F)cc2)CNC1. The van der Waals surface area contributed by atoms with E-state index in [-0.39, 0.29) is 17.0 Å². The fourth-order valence-corrected chi connectivity index (χ4v) is 2.88. The number of hydrogen-bond donors (Lipinski definition) is 1. The van der Waals surface area contributed by atoms with Crippen LogP contribution in [0.3, 0.4) is 0 Å². The summed E-state index contributed by atoms with van der Waals surface area (Å²) in [7, 11) is 0. The summed E-state index contributed by atoms with van der Waals surface area (Å²) in [5, 5.41) is 3.30. The summed E-state index contributed by atoms with van der Waals surface area (Å²) in [4.78, 5) is 0. The summed E-state index contributed by atoms with van der Waals surface area (Å²) in [5.74, 6) is -0.414. The van der Waals surface area contributed by atoms with E-state index < -0.39 is 0 Å². The summed E-state index contributed by atoms with van der Waals surface area (Å²) in [6, 6.07) is 11.7. The lowest BCUT2D eigenvalue weighted by Gasteiger charge is -2.44. The van der Waals surface area contributed by atoms with Crippen LogP contribution in [0.4, 0.5) is 8.78 Å². The summed E-state index contributed by atoms with van der Waals surface area (Å²) in [5.41, 5.74) is 3.26. The topological polar surface area (TPSA) is 12.0 Å². The van der Waals surface area contributed by atoms with Gasteiger partial charge in [0.25, 0.3) is 0 Å². The van der Waals surface area contributed by atoms with E-state index in [4.69, 9.17) is 0 Å². The third-order valence-corrected chi connectivity index (χ3v) is 4.22. The van der Waals surface area contributed by atoms with E-state index in [0.717, 1.165) is 36.2 Å². The molecule has 0 radical (unpaired) electrons. The molecule has 1 aliphatic heterocycles. The zero-order valence-electron chi connectivity index (χ0n) is 11.4. The highest BCUT2D eigenvalue weighted by atomic mass is 19.1. The first kappa shape index (κ1) is 13.3. The minimum atomic E-state index is -0.214. The van der Waals surface area contributed by atoms with E-state index in [1.165, 1.54) is 18.2 Å². The molecular weight excluding hydrogens is 256 g/mol. The van der Waals surface area contributed by atoms with Crippen LogP contribution in [-0.4, -0.2) is 13.1 Å². The molecule has 2 aromatic carbocycles. The van der Waals surface area contributed by atoms with Crippen LogP contribution in [0.2, 0.25) is 0 Å². The van der Waals surface area contributed by atoms with E-state index in [9.17, 15) is 8.78 Å². The van der Waals surface area contributed by atoms with Crippen molar-refractivity contribution in [1.82, 2.24) is 5.32 Å². The molecule has 0 aliphatic carbocycles. The van der Waals surface area contributed by atoms with Crippen molar-refractivity contribution in [3.05, 3.63) is 70.8 Å². The van der Waals surface area contributed by atoms with Crippen LogP contribution in [-0.2, 0) is 11.8 Å². The Morgan fingerprint density at radius 1 is 1.00 bits per heavy atom. The first-order valence-electron chi connectivity index (χ1n) is 6.81. The van der Waals surface area contributed by atoms with Crippen molar-refractivity contribution in [2.45, 2.75) is 18.8 Å². The van der Waals surface area contributed by atoms with Crippen LogP contribution < -0.4 is 5.32 Å². The van der Waals surface area contributed by atoms with Crippen molar-refractivity contribution in [2.75, 3.05) is 13.1 Å². The van der Waals surface area contributed by atoms with Gasteiger partial charge >= 0.3 is 0 Å². The molecule has 0 bridgehead atoms. The van der Waals surface area contributed by atoms with Gasteiger partial charge in [-0.3, -0.25) is 0 Å². The molecule has 0 saturated carbocycles. The normalized spacial score (nSPS) is 16.8. The zero-order chi connectivity index (χ0) is 14.2. The first-order valence-corrected chi connectivity index (χ1v) is 6.81. The number of aryl methyl sites for hydroxylation is 1. The van der Waals surface area contributed by atoms with E-state index in [2.05, 4.69) is 5.32 Å². The molecule has 1 aliphatic rings. The van der Waals surface area contributed by atoms with E-state index in [1.54, 1.807) is 6.07 Å². The Hall–Kier alpha value is -1.74. The van der Waals surface area contributed by atoms with Crippen molar-refractivity contribution >= 4 is 0 Å². The smallest absolute Gasteiger partial charge is 0.123 e. The van der Waals surface area contributed by atoms with E-state index in [0.29, 0.717) is 0 Å². The van der Waals surface area contributed by atoms with Crippen LogP contribution >= 0.6 is 0 Å². The average Bonchev–Trinajstić information content (AvgIpc) is 2.37. The highest BCUT2D eigenvalue weighted by molar-refractivity contribution is 5.36. The molecule has 1 saturated heterocycles. The fraction of sp³-hybridized carbons (Fsp3) is 0.294. The van der Waals surface area contributed by atoms with Gasteiger partial charge in [-0.1, -0.05) is 18.2 Å². The molecule has 104 valence electrons. The predicted octanol–water partition coefficient (Wildman–Crippen LogP) is 3.36. The number of halogens is 2. The van der Waals surface area contributed by atoms with Gasteiger partial charge in [0.15, 0.2) is 0 Å². The number of benzene rings is 2. The van der Waals surface area contributed by atoms with Crippen LogP contribution in [0.1, 0.15) is 16.7 Å². The van der Waals surface area contributed by atoms with Crippen molar-refractivity contribution in [2.24, 2.45) is 0 Å². The number of rotatable bonds is 3. The largest absolute Gasteiger partial charge is 0.315 e. The standard InChI is InChI=1S/C17H17F2N/c1-12-8-16(19)5-2-13(12)9-17(10-20-11-17)14-3-6-15(18)7-4-14/h2-8,20H,9-11H2,1H3. The Labute approximate surface area is 117 Å². The summed E-state index contributed by atoms with van der Waals surface area (Å²) in [6.45, 7) is 3.67. The lowest BCUT2D eigenvalue weighted by Crippen LogP contribution is -2.58. The molecule has 1 nitrogen and oxygen atoms in total. The molecule has 1 fully saturated rings. The molecule has 3 rings (SSSR count). The maximum absolute atomic E-state index is 13.2. The Kier molecular flexibility index (Phi) is 3.30. The van der Waals surface area contributed by atoms with Gasteiger partial charge in [0, 0.05) is 18.5 Å². The summed E-state index contributed by atoms with van der Waals surface area (Å²) >= 11 is 0. The van der Waals surface area contributed by atoms with Gasteiger partial charge < -0.3 is 5.32 Å². The van der Waals surface area contributed by atoms with Crippen molar-refractivity contribution in [3.8, 4) is 0 Å². The predicted molar refractivity (Wildman–Crippen MR) is 75.8 cm³/mol. The zero-order valence-corrected chi connectivity index (χ0v) is 11.4. The Morgan fingerprint density at radius 2 is 1.65 bits per heavy atom. The third kappa shape index (κ3) is 2.34. The minimum Gasteiger partial charge on any atom is -0.315 e. The van der Waals surface area contributed by atoms with Gasteiger partial charge in [-0.2, -0.15) is 0 Å². The quantitative estimate of drug-likeness (QED) is 0.904. The molecule has 0 spiro atoms. The average molecular weight is 273 g/mol. The van der Waals surface area contributed by atoms with E-state index >= 15 is 0 Å². The molecule has 0 aromatic heterocycles. The summed E-state index contributed by atoms with van der Waals surface area (Å²) in [6.07, 6.45) is 0.845. The molecule has 3 heteroatoms. The highest BCUT2D eigenvalue weighted by Gasteiger charge is 2.38. The van der Waals surface area contributed by atoms with Crippen LogP contribution in [0.5, 0.6) is 0 Å². The molecule has 0 unspecified atom stereocenters. The Morgan fingerprint density at radius 3 is 2.20 bits per heavy atom. The molecule has 2 aromatic rings. The third-order valence-electron chi connectivity index (χ3n) is 4.22.